The normalized spacial score (nSPS) is 23.6. The summed E-state index contributed by atoms with van der Waals surface area (Å²) in [5, 5.41) is 16.1. The van der Waals surface area contributed by atoms with E-state index in [1.807, 2.05) is 24.3 Å². The Morgan fingerprint density at radius 1 is 1.12 bits per heavy atom. The molecule has 0 aliphatic carbocycles. The number of hydrogen-bond donors (Lipinski definition) is 2. The van der Waals surface area contributed by atoms with Gasteiger partial charge in [0.25, 0.3) is 0 Å². The molecule has 1 saturated heterocycles. The third-order valence-corrected chi connectivity index (χ3v) is 5.91. The predicted molar refractivity (Wildman–Crippen MR) is 101 cm³/mol. The van der Waals surface area contributed by atoms with E-state index in [0.717, 1.165) is 24.7 Å². The van der Waals surface area contributed by atoms with Crippen LogP contribution in [0.5, 0.6) is 0 Å². The molecule has 1 fully saturated rings. The Hall–Kier alpha value is -2.51. The summed E-state index contributed by atoms with van der Waals surface area (Å²) >= 11 is 0. The first kappa shape index (κ1) is 14.8. The van der Waals surface area contributed by atoms with Crippen LogP contribution in [0.4, 0.5) is 17.1 Å². The number of rotatable bonds is 2. The summed E-state index contributed by atoms with van der Waals surface area (Å²) in [6.07, 6.45) is 2.42. The molecule has 0 radical (unpaired) electrons. The summed E-state index contributed by atoms with van der Waals surface area (Å²) in [4.78, 5) is 2.62. The van der Waals surface area contributed by atoms with E-state index in [0.29, 0.717) is 11.5 Å². The zero-order valence-corrected chi connectivity index (χ0v) is 14.3. The van der Waals surface area contributed by atoms with Crippen molar-refractivity contribution < 1.29 is 0 Å². The molecule has 0 spiro atoms. The molecule has 0 amide bonds. The van der Waals surface area contributed by atoms with Gasteiger partial charge in [0, 0.05) is 49.2 Å². The maximum Gasteiger partial charge on any atom is 0.0991 e. The Bertz CT molecular complexity index is 849. The van der Waals surface area contributed by atoms with Crippen molar-refractivity contribution in [3.8, 4) is 6.07 Å². The zero-order chi connectivity index (χ0) is 16.8. The molecule has 3 heterocycles. The van der Waals surface area contributed by atoms with Crippen molar-refractivity contribution >= 4 is 17.1 Å². The van der Waals surface area contributed by atoms with Crippen molar-refractivity contribution in [2.24, 2.45) is 5.92 Å². The molecule has 3 aliphatic rings. The van der Waals surface area contributed by atoms with Crippen LogP contribution in [-0.2, 0) is 6.42 Å². The number of anilines is 3. The number of nitrogens with one attached hydrogen (secondary N) is 2. The van der Waals surface area contributed by atoms with Crippen molar-refractivity contribution in [1.29, 1.82) is 5.26 Å². The summed E-state index contributed by atoms with van der Waals surface area (Å²) in [6, 6.07) is 14.6. The van der Waals surface area contributed by atoms with Crippen molar-refractivity contribution in [3.63, 3.8) is 0 Å². The van der Waals surface area contributed by atoms with Gasteiger partial charge in [0.05, 0.1) is 11.6 Å². The van der Waals surface area contributed by atoms with E-state index in [4.69, 9.17) is 5.26 Å². The highest BCUT2D eigenvalue weighted by Crippen LogP contribution is 2.46. The standard InChI is InChI=1S/C21H22N4/c22-10-14-3-5-17(6-4-14)24-18-8-15-2-1-7-25-13-16-11-23-12-20(16)19(9-18)21(15)25/h3-6,8-9,16,20,23-24H,1-2,7,11-13H2/t16-,20-/m1/s1. The monoisotopic (exact) mass is 330 g/mol. The first-order valence-corrected chi connectivity index (χ1v) is 9.21. The Kier molecular flexibility index (Phi) is 3.43. The SMILES string of the molecule is N#Cc1ccc(Nc2cc3c4c(c2)[C@@H]2CNC[C@@H]2CN4CCC3)cc1. The molecule has 3 aliphatic heterocycles. The molecule has 0 bridgehead atoms. The molecule has 0 unspecified atom stereocenters. The van der Waals surface area contributed by atoms with Gasteiger partial charge >= 0.3 is 0 Å². The maximum atomic E-state index is 8.96. The van der Waals surface area contributed by atoms with Crippen LogP contribution in [0.1, 0.15) is 29.0 Å². The number of fused-ring (bicyclic) bond motifs is 2. The lowest BCUT2D eigenvalue weighted by molar-refractivity contribution is 0.470. The second kappa shape index (κ2) is 5.79. The molecule has 4 nitrogen and oxygen atoms in total. The van der Waals surface area contributed by atoms with E-state index in [1.165, 1.54) is 48.4 Å². The van der Waals surface area contributed by atoms with Crippen LogP contribution in [0, 0.1) is 17.2 Å². The lowest BCUT2D eigenvalue weighted by Gasteiger charge is -2.42. The van der Waals surface area contributed by atoms with Gasteiger partial charge in [-0.25, -0.2) is 0 Å². The summed E-state index contributed by atoms with van der Waals surface area (Å²) in [5.74, 6) is 1.38. The van der Waals surface area contributed by atoms with E-state index in [1.54, 1.807) is 0 Å². The zero-order valence-electron chi connectivity index (χ0n) is 14.3. The highest BCUT2D eigenvalue weighted by molar-refractivity contribution is 5.73. The van der Waals surface area contributed by atoms with Crippen LogP contribution < -0.4 is 15.5 Å². The third kappa shape index (κ3) is 2.47. The number of benzene rings is 2. The fraction of sp³-hybridized carbons (Fsp3) is 0.381. The van der Waals surface area contributed by atoms with Gasteiger partial charge in [0.2, 0.25) is 0 Å². The first-order valence-electron chi connectivity index (χ1n) is 9.21. The molecular formula is C21H22N4. The van der Waals surface area contributed by atoms with E-state index >= 15 is 0 Å². The van der Waals surface area contributed by atoms with Crippen molar-refractivity contribution in [1.82, 2.24) is 5.32 Å². The van der Waals surface area contributed by atoms with E-state index < -0.39 is 0 Å². The Morgan fingerprint density at radius 3 is 2.84 bits per heavy atom. The smallest absolute Gasteiger partial charge is 0.0991 e. The topological polar surface area (TPSA) is 51.1 Å². The van der Waals surface area contributed by atoms with E-state index in [9.17, 15) is 0 Å². The largest absolute Gasteiger partial charge is 0.371 e. The number of nitrogens with zero attached hydrogens (tertiary/aromatic N) is 2. The molecule has 2 aromatic carbocycles. The summed E-state index contributed by atoms with van der Waals surface area (Å²) < 4.78 is 0. The quantitative estimate of drug-likeness (QED) is 0.886. The van der Waals surface area contributed by atoms with Crippen molar-refractivity contribution in [2.75, 3.05) is 36.4 Å². The van der Waals surface area contributed by atoms with Gasteiger partial charge in [0.1, 0.15) is 0 Å². The van der Waals surface area contributed by atoms with Gasteiger partial charge in [-0.3, -0.25) is 0 Å². The van der Waals surface area contributed by atoms with Crippen LogP contribution >= 0.6 is 0 Å². The second-order valence-corrected chi connectivity index (χ2v) is 7.46. The molecular weight excluding hydrogens is 308 g/mol. The van der Waals surface area contributed by atoms with Crippen molar-refractivity contribution in [2.45, 2.75) is 18.8 Å². The minimum absolute atomic E-state index is 0.644. The molecule has 2 aromatic rings. The van der Waals surface area contributed by atoms with Crippen LogP contribution in [0.2, 0.25) is 0 Å². The summed E-state index contributed by atoms with van der Waals surface area (Å²) in [5.41, 5.74) is 7.44. The summed E-state index contributed by atoms with van der Waals surface area (Å²) in [6.45, 7) is 4.65. The average Bonchev–Trinajstić information content (AvgIpc) is 3.11. The summed E-state index contributed by atoms with van der Waals surface area (Å²) in [7, 11) is 0. The fourth-order valence-electron chi connectivity index (χ4n) is 4.77. The van der Waals surface area contributed by atoms with Crippen LogP contribution in [-0.4, -0.2) is 26.2 Å². The second-order valence-electron chi connectivity index (χ2n) is 7.46. The minimum Gasteiger partial charge on any atom is -0.371 e. The first-order chi connectivity index (χ1) is 12.3. The molecule has 0 aromatic heterocycles. The molecule has 126 valence electrons. The van der Waals surface area contributed by atoms with E-state index in [2.05, 4.69) is 33.7 Å². The Balaban J connectivity index is 1.53. The fourth-order valence-corrected chi connectivity index (χ4v) is 4.77. The number of nitriles is 1. The Labute approximate surface area is 148 Å². The van der Waals surface area contributed by atoms with Crippen LogP contribution in [0.25, 0.3) is 0 Å². The van der Waals surface area contributed by atoms with Crippen molar-refractivity contribution in [3.05, 3.63) is 53.1 Å². The molecule has 2 N–H and O–H groups in total. The molecule has 5 rings (SSSR count). The maximum absolute atomic E-state index is 8.96. The molecule has 4 heteroatoms. The van der Waals surface area contributed by atoms with Gasteiger partial charge < -0.3 is 15.5 Å². The number of hydrogen-bond acceptors (Lipinski definition) is 4. The van der Waals surface area contributed by atoms with Gasteiger partial charge in [-0.05, 0) is 66.3 Å². The minimum atomic E-state index is 0.644. The van der Waals surface area contributed by atoms with Gasteiger partial charge in [-0.2, -0.15) is 5.26 Å². The van der Waals surface area contributed by atoms with E-state index in [-0.39, 0.29) is 0 Å². The lowest BCUT2D eigenvalue weighted by Crippen LogP contribution is -2.40. The Morgan fingerprint density at radius 2 is 2.00 bits per heavy atom. The average molecular weight is 330 g/mol. The number of aryl methyl sites for hydroxylation is 1. The third-order valence-electron chi connectivity index (χ3n) is 5.91. The van der Waals surface area contributed by atoms with Gasteiger partial charge in [-0.1, -0.05) is 0 Å². The molecule has 0 saturated carbocycles. The predicted octanol–water partition coefficient (Wildman–Crippen LogP) is 3.37. The molecule has 2 atom stereocenters. The van der Waals surface area contributed by atoms with Gasteiger partial charge in [-0.15, -0.1) is 0 Å². The van der Waals surface area contributed by atoms with Crippen LogP contribution in [0.3, 0.4) is 0 Å². The molecule has 25 heavy (non-hydrogen) atoms. The lowest BCUT2D eigenvalue weighted by atomic mass is 9.80. The highest BCUT2D eigenvalue weighted by Gasteiger charge is 2.38. The van der Waals surface area contributed by atoms with Crippen LogP contribution in [0.15, 0.2) is 36.4 Å². The highest BCUT2D eigenvalue weighted by atomic mass is 15.2. The van der Waals surface area contributed by atoms with Gasteiger partial charge in [0.15, 0.2) is 0 Å².